The van der Waals surface area contributed by atoms with Crippen LogP contribution in [0.25, 0.3) is 0 Å². The van der Waals surface area contributed by atoms with Crippen molar-refractivity contribution in [3.8, 4) is 11.5 Å². The number of hydrogen-bond acceptors (Lipinski definition) is 5. The van der Waals surface area contributed by atoms with Crippen molar-refractivity contribution in [2.24, 2.45) is 0 Å². The number of benzene rings is 1. The number of carbonyl (C=O) groups is 1. The summed E-state index contributed by atoms with van der Waals surface area (Å²) in [7, 11) is 0. The van der Waals surface area contributed by atoms with Gasteiger partial charge in [0, 0.05) is 6.54 Å². The molecule has 1 aromatic rings. The summed E-state index contributed by atoms with van der Waals surface area (Å²) in [5.41, 5.74) is 0.982. The average molecular weight is 314 g/mol. The number of fused-ring (bicyclic) bond motifs is 1. The molecule has 6 heteroatoms. The van der Waals surface area contributed by atoms with Gasteiger partial charge in [-0.3, -0.25) is 9.69 Å². The Morgan fingerprint density at radius 2 is 2.10 bits per heavy atom. The van der Waals surface area contributed by atoms with Gasteiger partial charge in [-0.25, -0.2) is 0 Å². The lowest BCUT2D eigenvalue weighted by atomic mass is 10.1. The van der Waals surface area contributed by atoms with E-state index in [0.717, 1.165) is 12.1 Å². The third-order valence-corrected chi connectivity index (χ3v) is 3.45. The molecule has 0 N–H and O–H groups in total. The van der Waals surface area contributed by atoms with Crippen molar-refractivity contribution in [3.05, 3.63) is 22.7 Å². The minimum atomic E-state index is -0.219. The molecule has 5 nitrogen and oxygen atoms in total. The van der Waals surface area contributed by atoms with Crippen molar-refractivity contribution in [2.45, 2.75) is 20.4 Å². The molecule has 0 amide bonds. The minimum Gasteiger partial charge on any atom is -0.486 e. The van der Waals surface area contributed by atoms with E-state index >= 15 is 0 Å². The molecule has 1 aromatic carbocycles. The average Bonchev–Trinajstić information content (AvgIpc) is 2.47. The summed E-state index contributed by atoms with van der Waals surface area (Å²) in [5, 5.41) is 0.536. The Hall–Kier alpha value is -1.46. The van der Waals surface area contributed by atoms with E-state index in [1.54, 1.807) is 6.92 Å². The summed E-state index contributed by atoms with van der Waals surface area (Å²) < 4.78 is 16.0. The SMILES string of the molecule is CCOC(=O)CN(CC)Cc1cc(Cl)c2c(c1)OCCO2. The number of carbonyl (C=O) groups excluding carboxylic acids is 1. The van der Waals surface area contributed by atoms with E-state index in [4.69, 9.17) is 25.8 Å². The van der Waals surface area contributed by atoms with Gasteiger partial charge >= 0.3 is 5.97 Å². The Bertz CT molecular complexity index is 507. The van der Waals surface area contributed by atoms with E-state index < -0.39 is 0 Å². The molecule has 0 bridgehead atoms. The minimum absolute atomic E-state index is 0.219. The van der Waals surface area contributed by atoms with Crippen LogP contribution in [-0.4, -0.2) is 43.8 Å². The monoisotopic (exact) mass is 313 g/mol. The maximum atomic E-state index is 11.6. The molecule has 0 aromatic heterocycles. The number of esters is 1. The van der Waals surface area contributed by atoms with Crippen LogP contribution in [0.3, 0.4) is 0 Å². The highest BCUT2D eigenvalue weighted by molar-refractivity contribution is 6.32. The van der Waals surface area contributed by atoms with Crippen molar-refractivity contribution in [3.63, 3.8) is 0 Å². The molecule has 0 saturated carbocycles. The number of ether oxygens (including phenoxy) is 3. The molecule has 0 atom stereocenters. The highest BCUT2D eigenvalue weighted by Crippen LogP contribution is 2.38. The lowest BCUT2D eigenvalue weighted by molar-refractivity contribution is -0.144. The molecule has 21 heavy (non-hydrogen) atoms. The number of nitrogens with zero attached hydrogens (tertiary/aromatic N) is 1. The predicted molar refractivity (Wildman–Crippen MR) is 80.0 cm³/mol. The lowest BCUT2D eigenvalue weighted by Crippen LogP contribution is -2.30. The van der Waals surface area contributed by atoms with E-state index in [1.165, 1.54) is 0 Å². The van der Waals surface area contributed by atoms with Gasteiger partial charge in [-0.05, 0) is 31.2 Å². The van der Waals surface area contributed by atoms with E-state index in [0.29, 0.717) is 42.9 Å². The molecule has 0 spiro atoms. The Labute approximate surface area is 129 Å². The van der Waals surface area contributed by atoms with E-state index in [2.05, 4.69) is 0 Å². The Morgan fingerprint density at radius 1 is 1.33 bits per heavy atom. The van der Waals surface area contributed by atoms with Gasteiger partial charge in [-0.1, -0.05) is 18.5 Å². The zero-order valence-corrected chi connectivity index (χ0v) is 13.1. The van der Waals surface area contributed by atoms with Crippen LogP contribution in [0, 0.1) is 0 Å². The second-order valence-electron chi connectivity index (χ2n) is 4.71. The van der Waals surface area contributed by atoms with Crippen LogP contribution >= 0.6 is 11.6 Å². The Kier molecular flexibility index (Phi) is 5.70. The van der Waals surface area contributed by atoms with Crippen molar-refractivity contribution >= 4 is 17.6 Å². The maximum absolute atomic E-state index is 11.6. The van der Waals surface area contributed by atoms with Crippen molar-refractivity contribution < 1.29 is 19.0 Å². The molecular weight excluding hydrogens is 294 g/mol. The van der Waals surface area contributed by atoms with Gasteiger partial charge in [0.25, 0.3) is 0 Å². The smallest absolute Gasteiger partial charge is 0.320 e. The van der Waals surface area contributed by atoms with Crippen molar-refractivity contribution in [2.75, 3.05) is 32.9 Å². The number of likely N-dealkylation sites (N-methyl/N-ethyl adjacent to an activating group) is 1. The van der Waals surface area contributed by atoms with Crippen LogP contribution in [-0.2, 0) is 16.1 Å². The van der Waals surface area contributed by atoms with E-state index in [-0.39, 0.29) is 12.5 Å². The van der Waals surface area contributed by atoms with Crippen molar-refractivity contribution in [1.82, 2.24) is 4.90 Å². The Morgan fingerprint density at radius 3 is 2.81 bits per heavy atom. The van der Waals surface area contributed by atoms with Gasteiger partial charge in [-0.15, -0.1) is 0 Å². The molecule has 0 unspecified atom stereocenters. The van der Waals surface area contributed by atoms with E-state index in [1.807, 2.05) is 24.0 Å². The van der Waals surface area contributed by atoms with Gasteiger partial charge in [0.1, 0.15) is 13.2 Å². The fourth-order valence-electron chi connectivity index (χ4n) is 2.18. The topological polar surface area (TPSA) is 48.0 Å². The van der Waals surface area contributed by atoms with Crippen LogP contribution < -0.4 is 9.47 Å². The first kappa shape index (κ1) is 15.9. The standard InChI is InChI=1S/C15H20ClNO4/c1-3-17(10-14(18)19-4-2)9-11-7-12(16)15-13(8-11)20-5-6-21-15/h7-8H,3-6,9-10H2,1-2H3. The fourth-order valence-corrected chi connectivity index (χ4v) is 2.47. The first-order valence-corrected chi connectivity index (χ1v) is 7.47. The van der Waals surface area contributed by atoms with Crippen LogP contribution in [0.1, 0.15) is 19.4 Å². The van der Waals surface area contributed by atoms with Crippen LogP contribution in [0.15, 0.2) is 12.1 Å². The third-order valence-electron chi connectivity index (χ3n) is 3.17. The van der Waals surface area contributed by atoms with Crippen LogP contribution in [0.5, 0.6) is 11.5 Å². The van der Waals surface area contributed by atoms with Gasteiger partial charge in [0.2, 0.25) is 0 Å². The molecule has 1 aliphatic rings. The van der Waals surface area contributed by atoms with E-state index in [9.17, 15) is 4.79 Å². The van der Waals surface area contributed by atoms with Gasteiger partial charge in [0.05, 0.1) is 18.2 Å². The molecule has 116 valence electrons. The second kappa shape index (κ2) is 7.52. The second-order valence-corrected chi connectivity index (χ2v) is 5.12. The summed E-state index contributed by atoms with van der Waals surface area (Å²) in [6.07, 6.45) is 0. The third kappa shape index (κ3) is 4.25. The summed E-state index contributed by atoms with van der Waals surface area (Å²) in [4.78, 5) is 13.6. The zero-order chi connectivity index (χ0) is 15.2. The molecule has 0 saturated heterocycles. The van der Waals surface area contributed by atoms with Gasteiger partial charge in [0.15, 0.2) is 11.5 Å². The van der Waals surface area contributed by atoms with Gasteiger partial charge < -0.3 is 14.2 Å². The van der Waals surface area contributed by atoms with Crippen molar-refractivity contribution in [1.29, 1.82) is 0 Å². The molecule has 2 rings (SSSR count). The summed E-state index contributed by atoms with van der Waals surface area (Å²) >= 11 is 6.21. The quantitative estimate of drug-likeness (QED) is 0.755. The normalized spacial score (nSPS) is 13.3. The lowest BCUT2D eigenvalue weighted by Gasteiger charge is -2.23. The predicted octanol–water partition coefficient (Wildman–Crippen LogP) is 2.50. The first-order valence-electron chi connectivity index (χ1n) is 7.10. The molecular formula is C15H20ClNO4. The van der Waals surface area contributed by atoms with Crippen LogP contribution in [0.4, 0.5) is 0 Å². The highest BCUT2D eigenvalue weighted by Gasteiger charge is 2.18. The highest BCUT2D eigenvalue weighted by atomic mass is 35.5. The summed E-state index contributed by atoms with van der Waals surface area (Å²) in [5.74, 6) is 1.04. The first-order chi connectivity index (χ1) is 10.1. The molecule has 1 heterocycles. The summed E-state index contributed by atoms with van der Waals surface area (Å²) in [6, 6.07) is 3.76. The van der Waals surface area contributed by atoms with Gasteiger partial charge in [-0.2, -0.15) is 0 Å². The largest absolute Gasteiger partial charge is 0.486 e. The molecule has 1 aliphatic heterocycles. The molecule has 0 radical (unpaired) electrons. The van der Waals surface area contributed by atoms with Crippen LogP contribution in [0.2, 0.25) is 5.02 Å². The molecule has 0 fully saturated rings. The maximum Gasteiger partial charge on any atom is 0.320 e. The zero-order valence-electron chi connectivity index (χ0n) is 12.4. The summed E-state index contributed by atoms with van der Waals surface area (Å²) in [6.45, 7) is 6.83. The number of hydrogen-bond donors (Lipinski definition) is 0. The number of halogens is 1. The Balaban J connectivity index is 2.07. The molecule has 0 aliphatic carbocycles. The fraction of sp³-hybridized carbons (Fsp3) is 0.533. The number of rotatable bonds is 6.